The van der Waals surface area contributed by atoms with Gasteiger partial charge in [-0.2, -0.15) is 0 Å². The van der Waals surface area contributed by atoms with Crippen molar-refractivity contribution in [1.82, 2.24) is 0 Å². The summed E-state index contributed by atoms with van der Waals surface area (Å²) in [5, 5.41) is 0. The average Bonchev–Trinajstić information content (AvgIpc) is 3.30. The number of hydrogen-bond acceptors (Lipinski definition) is 3. The summed E-state index contributed by atoms with van der Waals surface area (Å²) in [7, 11) is 0. The number of aryl methyl sites for hydroxylation is 2. The molecule has 0 saturated carbocycles. The molecule has 0 aliphatic heterocycles. The van der Waals surface area contributed by atoms with Gasteiger partial charge in [-0.3, -0.25) is 9.98 Å². The molecule has 0 atom stereocenters. The number of hydrogen-bond donors (Lipinski definition) is 0. The molecule has 0 aliphatic rings. The Kier molecular flexibility index (Phi) is 9.34. The van der Waals surface area contributed by atoms with Gasteiger partial charge in [0.05, 0.1) is 22.8 Å². The Morgan fingerprint density at radius 1 is 0.541 bits per heavy atom. The van der Waals surface area contributed by atoms with E-state index in [1.807, 2.05) is 0 Å². The van der Waals surface area contributed by atoms with Gasteiger partial charge in [-0.25, -0.2) is 0 Å². The zero-order valence-corrected chi connectivity index (χ0v) is 25.9. The first kappa shape index (κ1) is 29.0. The molecule has 0 bridgehead atoms. The maximum absolute atomic E-state index is 5.24. The number of aliphatic imine (C=N–C) groups is 2. The predicted octanol–water partition coefficient (Wildman–Crippen LogP) is 11.1. The molecule has 2 nitrogen and oxygen atoms in total. The SMILES string of the molecule is CC(=Nc1c(C(C)C)cc(C)cc1C(C)C)c1ccc(C(C)=Nc2c(C(C)C)cc(C)cc2C(C)C)s1. The summed E-state index contributed by atoms with van der Waals surface area (Å²) < 4.78 is 0. The molecule has 37 heavy (non-hydrogen) atoms. The van der Waals surface area contributed by atoms with Crippen molar-refractivity contribution in [2.24, 2.45) is 9.98 Å². The highest BCUT2D eigenvalue weighted by molar-refractivity contribution is 7.16. The minimum atomic E-state index is 0.428. The van der Waals surface area contributed by atoms with Gasteiger partial charge in [0, 0.05) is 9.75 Å². The van der Waals surface area contributed by atoms with E-state index < -0.39 is 0 Å². The second-order valence-corrected chi connectivity index (χ2v) is 12.8. The highest BCUT2D eigenvalue weighted by Gasteiger charge is 2.18. The van der Waals surface area contributed by atoms with Crippen LogP contribution in [0, 0.1) is 13.8 Å². The smallest absolute Gasteiger partial charge is 0.0702 e. The normalized spacial score (nSPS) is 13.1. The molecule has 3 heteroatoms. The van der Waals surface area contributed by atoms with Gasteiger partial charge in [-0.1, -0.05) is 90.8 Å². The molecule has 198 valence electrons. The van der Waals surface area contributed by atoms with Gasteiger partial charge in [-0.15, -0.1) is 11.3 Å². The van der Waals surface area contributed by atoms with Gasteiger partial charge in [-0.05, 0) is 85.8 Å². The molecule has 0 unspecified atom stereocenters. The Labute approximate surface area is 230 Å². The third-order valence-corrected chi connectivity index (χ3v) is 8.30. The number of rotatable bonds is 8. The lowest BCUT2D eigenvalue weighted by atomic mass is 9.90. The second kappa shape index (κ2) is 11.9. The van der Waals surface area contributed by atoms with Crippen molar-refractivity contribution < 1.29 is 0 Å². The van der Waals surface area contributed by atoms with Gasteiger partial charge >= 0.3 is 0 Å². The molecule has 0 saturated heterocycles. The van der Waals surface area contributed by atoms with Gasteiger partial charge in [0.15, 0.2) is 0 Å². The van der Waals surface area contributed by atoms with Gasteiger partial charge in [0.2, 0.25) is 0 Å². The van der Waals surface area contributed by atoms with Crippen LogP contribution in [0.2, 0.25) is 0 Å². The van der Waals surface area contributed by atoms with Crippen LogP contribution in [0.5, 0.6) is 0 Å². The fraction of sp³-hybridized carbons (Fsp3) is 0.471. The van der Waals surface area contributed by atoms with Crippen LogP contribution in [-0.4, -0.2) is 11.4 Å². The van der Waals surface area contributed by atoms with E-state index in [4.69, 9.17) is 9.98 Å². The van der Waals surface area contributed by atoms with Crippen LogP contribution in [0.4, 0.5) is 11.4 Å². The van der Waals surface area contributed by atoms with Gasteiger partial charge in [0.25, 0.3) is 0 Å². The first-order chi connectivity index (χ1) is 17.3. The van der Waals surface area contributed by atoms with E-state index in [1.54, 1.807) is 11.3 Å². The van der Waals surface area contributed by atoms with E-state index in [-0.39, 0.29) is 0 Å². The average molecular weight is 515 g/mol. The fourth-order valence-electron chi connectivity index (χ4n) is 4.86. The van der Waals surface area contributed by atoms with Gasteiger partial charge < -0.3 is 0 Å². The molecule has 3 rings (SSSR count). The number of nitrogens with zero attached hydrogens (tertiary/aromatic N) is 2. The summed E-state index contributed by atoms with van der Waals surface area (Å²) in [6.45, 7) is 26.8. The largest absolute Gasteiger partial charge is 0.252 e. The molecular formula is C34H46N2S. The molecule has 1 heterocycles. The molecule has 0 fully saturated rings. The van der Waals surface area contributed by atoms with E-state index >= 15 is 0 Å². The third kappa shape index (κ3) is 6.68. The highest BCUT2D eigenvalue weighted by atomic mass is 32.1. The topological polar surface area (TPSA) is 24.7 Å². The lowest BCUT2D eigenvalue weighted by Gasteiger charge is -2.18. The first-order valence-electron chi connectivity index (χ1n) is 13.8. The van der Waals surface area contributed by atoms with Crippen LogP contribution in [-0.2, 0) is 0 Å². The monoisotopic (exact) mass is 514 g/mol. The predicted molar refractivity (Wildman–Crippen MR) is 167 cm³/mol. The summed E-state index contributed by atoms with van der Waals surface area (Å²) in [4.78, 5) is 12.9. The van der Waals surface area contributed by atoms with Crippen LogP contribution < -0.4 is 0 Å². The lowest BCUT2D eigenvalue weighted by molar-refractivity contribution is 0.831. The van der Waals surface area contributed by atoms with Crippen molar-refractivity contribution in [2.45, 2.75) is 107 Å². The quantitative estimate of drug-likeness (QED) is 0.267. The molecule has 0 amide bonds. The van der Waals surface area contributed by atoms with Crippen LogP contribution >= 0.6 is 11.3 Å². The van der Waals surface area contributed by atoms with Crippen LogP contribution in [0.25, 0.3) is 0 Å². The molecule has 0 N–H and O–H groups in total. The molecule has 0 aliphatic carbocycles. The Morgan fingerprint density at radius 3 is 1.05 bits per heavy atom. The molecule has 3 aromatic rings. The highest BCUT2D eigenvalue weighted by Crippen LogP contribution is 2.38. The Hall–Kier alpha value is -2.52. The maximum Gasteiger partial charge on any atom is 0.0702 e. The summed E-state index contributed by atoms with van der Waals surface area (Å²) in [5.41, 5.74) is 12.4. The zero-order valence-electron chi connectivity index (χ0n) is 25.1. The molecule has 0 radical (unpaired) electrons. The van der Waals surface area contributed by atoms with Crippen LogP contribution in [0.1, 0.15) is 136 Å². The van der Waals surface area contributed by atoms with E-state index in [0.29, 0.717) is 23.7 Å². The number of benzene rings is 2. The Morgan fingerprint density at radius 2 is 0.811 bits per heavy atom. The minimum absolute atomic E-state index is 0.428. The summed E-state index contributed by atoms with van der Waals surface area (Å²) >= 11 is 1.79. The van der Waals surface area contributed by atoms with E-state index in [0.717, 1.165) is 22.8 Å². The van der Waals surface area contributed by atoms with Gasteiger partial charge in [0.1, 0.15) is 0 Å². The Balaban J connectivity index is 2.06. The molecular weight excluding hydrogens is 468 g/mol. The van der Waals surface area contributed by atoms with Crippen molar-refractivity contribution in [1.29, 1.82) is 0 Å². The summed E-state index contributed by atoms with van der Waals surface area (Å²) in [6.07, 6.45) is 0. The Bertz CT molecular complexity index is 1160. The van der Waals surface area contributed by atoms with Crippen molar-refractivity contribution in [3.8, 4) is 0 Å². The minimum Gasteiger partial charge on any atom is -0.252 e. The van der Waals surface area contributed by atoms with Crippen molar-refractivity contribution in [2.75, 3.05) is 0 Å². The van der Waals surface area contributed by atoms with Crippen LogP contribution in [0.3, 0.4) is 0 Å². The van der Waals surface area contributed by atoms with E-state index in [2.05, 4.69) is 119 Å². The molecule has 2 aromatic carbocycles. The van der Waals surface area contributed by atoms with Crippen molar-refractivity contribution >= 4 is 34.1 Å². The lowest BCUT2D eigenvalue weighted by Crippen LogP contribution is -2.00. The number of thiophene rings is 1. The van der Waals surface area contributed by atoms with E-state index in [1.165, 1.54) is 43.1 Å². The van der Waals surface area contributed by atoms with Crippen molar-refractivity contribution in [3.05, 3.63) is 79.5 Å². The molecule has 1 aromatic heterocycles. The summed E-state index contributed by atoms with van der Waals surface area (Å²) in [5.74, 6) is 1.71. The fourth-order valence-corrected chi connectivity index (χ4v) is 5.76. The maximum atomic E-state index is 5.24. The zero-order chi connectivity index (χ0) is 27.6. The van der Waals surface area contributed by atoms with Crippen LogP contribution in [0.15, 0.2) is 46.4 Å². The molecule has 0 spiro atoms. The summed E-state index contributed by atoms with van der Waals surface area (Å²) in [6, 6.07) is 13.6. The van der Waals surface area contributed by atoms with Crippen molar-refractivity contribution in [3.63, 3.8) is 0 Å². The third-order valence-electron chi connectivity index (χ3n) is 6.99. The standard InChI is InChI=1S/C34H46N2S/c1-19(2)27-15-23(9)16-28(20(3)4)33(27)35-25(11)31-13-14-32(37-31)26(12)36-34-29(21(5)6)17-24(10)18-30(34)22(7)8/h13-22H,1-12H3. The van der Waals surface area contributed by atoms with E-state index in [9.17, 15) is 0 Å². The second-order valence-electron chi connectivity index (χ2n) is 11.8. The first-order valence-corrected chi connectivity index (χ1v) is 14.6.